The molecule has 0 aliphatic carbocycles. The third-order valence-electron chi connectivity index (χ3n) is 2.56. The van der Waals surface area contributed by atoms with Crippen LogP contribution in [0.3, 0.4) is 0 Å². The van der Waals surface area contributed by atoms with Crippen LogP contribution in [0, 0.1) is 0 Å². The van der Waals surface area contributed by atoms with Crippen molar-refractivity contribution >= 4 is 40.3 Å². The highest BCUT2D eigenvalue weighted by atomic mass is 35.5. The second-order valence-corrected chi connectivity index (χ2v) is 5.06. The van der Waals surface area contributed by atoms with Gasteiger partial charge in [0.05, 0.1) is 0 Å². The molecule has 0 atom stereocenters. The van der Waals surface area contributed by atoms with Crippen LogP contribution in [0.4, 0.5) is 11.4 Å². The first kappa shape index (κ1) is 15.4. The van der Waals surface area contributed by atoms with Crippen molar-refractivity contribution in [2.45, 2.75) is 0 Å². The molecule has 108 valence electrons. The lowest BCUT2D eigenvalue weighted by molar-refractivity contribution is 0.363. The molecule has 0 unspecified atom stereocenters. The van der Waals surface area contributed by atoms with E-state index in [-0.39, 0.29) is 0 Å². The lowest BCUT2D eigenvalue weighted by Gasteiger charge is -2.11. The van der Waals surface area contributed by atoms with Crippen molar-refractivity contribution < 1.29 is 4.74 Å². The molecule has 2 aromatic carbocycles. The van der Waals surface area contributed by atoms with E-state index in [0.717, 1.165) is 17.1 Å². The van der Waals surface area contributed by atoms with E-state index < -0.39 is 0 Å². The van der Waals surface area contributed by atoms with E-state index in [4.69, 9.17) is 28.6 Å². The molecule has 3 nitrogen and oxygen atoms in total. The van der Waals surface area contributed by atoms with E-state index in [0.29, 0.717) is 16.7 Å². The quantitative estimate of drug-likeness (QED) is 0.617. The molecule has 0 bridgehead atoms. The zero-order valence-corrected chi connectivity index (χ0v) is 12.9. The van der Waals surface area contributed by atoms with Crippen LogP contribution in [0.1, 0.15) is 0 Å². The molecule has 2 rings (SSSR count). The van der Waals surface area contributed by atoms with Crippen LogP contribution >= 0.6 is 23.8 Å². The topological polar surface area (TPSA) is 33.3 Å². The third kappa shape index (κ3) is 5.10. The Morgan fingerprint density at radius 1 is 1.14 bits per heavy atom. The standard InChI is InChI=1S/C16H15ClN2OS/c1-2-10-20-15-5-3-4-14(11-15)19-16(21)18-13-8-6-12(17)7-9-13/h2-9,11H,1,10H2,(H2,18,19,21). The van der Waals surface area contributed by atoms with E-state index in [1.54, 1.807) is 18.2 Å². The molecule has 0 amide bonds. The maximum Gasteiger partial charge on any atom is 0.175 e. The molecule has 0 aliphatic rings. The maximum atomic E-state index is 5.84. The van der Waals surface area contributed by atoms with Gasteiger partial charge >= 0.3 is 0 Å². The number of hydrogen-bond acceptors (Lipinski definition) is 2. The summed E-state index contributed by atoms with van der Waals surface area (Å²) < 4.78 is 5.47. The van der Waals surface area contributed by atoms with Crippen LogP contribution in [-0.4, -0.2) is 11.7 Å². The SMILES string of the molecule is C=CCOc1cccc(NC(=S)Nc2ccc(Cl)cc2)c1. The van der Waals surface area contributed by atoms with Crippen LogP contribution in [0.25, 0.3) is 0 Å². The van der Waals surface area contributed by atoms with Crippen LogP contribution in [0.5, 0.6) is 5.75 Å². The van der Waals surface area contributed by atoms with Crippen LogP contribution in [-0.2, 0) is 0 Å². The third-order valence-corrected chi connectivity index (χ3v) is 3.02. The monoisotopic (exact) mass is 318 g/mol. The summed E-state index contributed by atoms with van der Waals surface area (Å²) in [7, 11) is 0. The number of anilines is 2. The molecule has 0 saturated heterocycles. The normalized spacial score (nSPS) is 9.76. The zero-order valence-electron chi connectivity index (χ0n) is 11.3. The summed E-state index contributed by atoms with van der Waals surface area (Å²) in [5.74, 6) is 0.759. The Bertz CT molecular complexity index is 628. The molecule has 5 heteroatoms. The van der Waals surface area contributed by atoms with Crippen LogP contribution in [0.2, 0.25) is 5.02 Å². The van der Waals surface area contributed by atoms with E-state index in [2.05, 4.69) is 17.2 Å². The Morgan fingerprint density at radius 2 is 1.86 bits per heavy atom. The first-order valence-electron chi connectivity index (χ1n) is 6.35. The van der Waals surface area contributed by atoms with Gasteiger partial charge < -0.3 is 15.4 Å². The van der Waals surface area contributed by atoms with Crippen molar-refractivity contribution in [2.24, 2.45) is 0 Å². The van der Waals surface area contributed by atoms with Gasteiger partial charge in [-0.05, 0) is 48.6 Å². The average Bonchev–Trinajstić information content (AvgIpc) is 2.48. The fraction of sp³-hybridized carbons (Fsp3) is 0.0625. The molecule has 0 radical (unpaired) electrons. The van der Waals surface area contributed by atoms with Gasteiger partial charge in [-0.1, -0.05) is 30.3 Å². The lowest BCUT2D eigenvalue weighted by atomic mass is 10.3. The van der Waals surface area contributed by atoms with Gasteiger partial charge in [0, 0.05) is 22.5 Å². The lowest BCUT2D eigenvalue weighted by Crippen LogP contribution is -2.18. The van der Waals surface area contributed by atoms with E-state index in [1.165, 1.54) is 0 Å². The highest BCUT2D eigenvalue weighted by molar-refractivity contribution is 7.80. The number of benzene rings is 2. The van der Waals surface area contributed by atoms with Gasteiger partial charge in [0.1, 0.15) is 12.4 Å². The van der Waals surface area contributed by atoms with Crippen molar-refractivity contribution in [3.8, 4) is 5.75 Å². The molecule has 21 heavy (non-hydrogen) atoms. The highest BCUT2D eigenvalue weighted by Gasteiger charge is 2.01. The average molecular weight is 319 g/mol. The Balaban J connectivity index is 1.95. The minimum absolute atomic E-state index is 0.469. The van der Waals surface area contributed by atoms with E-state index >= 15 is 0 Å². The van der Waals surface area contributed by atoms with Crippen molar-refractivity contribution in [3.63, 3.8) is 0 Å². The Morgan fingerprint density at radius 3 is 2.57 bits per heavy atom. The molecule has 0 spiro atoms. The molecular weight excluding hydrogens is 304 g/mol. The predicted octanol–water partition coefficient (Wildman–Crippen LogP) is 4.71. The minimum Gasteiger partial charge on any atom is -0.489 e. The maximum absolute atomic E-state index is 5.84. The number of thiocarbonyl (C=S) groups is 1. The molecule has 2 N–H and O–H groups in total. The second-order valence-electron chi connectivity index (χ2n) is 4.21. The van der Waals surface area contributed by atoms with Gasteiger partial charge in [-0.3, -0.25) is 0 Å². The summed E-state index contributed by atoms with van der Waals surface area (Å²) in [5, 5.41) is 7.37. The summed E-state index contributed by atoms with van der Waals surface area (Å²) in [4.78, 5) is 0. The fourth-order valence-corrected chi connectivity index (χ4v) is 2.01. The number of halogens is 1. The zero-order chi connectivity index (χ0) is 15.1. The smallest absolute Gasteiger partial charge is 0.175 e. The van der Waals surface area contributed by atoms with Gasteiger partial charge in [0.25, 0.3) is 0 Å². The summed E-state index contributed by atoms with van der Waals surface area (Å²) in [6.45, 7) is 4.09. The summed E-state index contributed by atoms with van der Waals surface area (Å²) in [6, 6.07) is 14.9. The van der Waals surface area contributed by atoms with Crippen molar-refractivity contribution in [3.05, 3.63) is 66.2 Å². The Hall–Kier alpha value is -2.04. The van der Waals surface area contributed by atoms with Crippen LogP contribution < -0.4 is 15.4 Å². The Labute approximate surface area is 134 Å². The second kappa shape index (κ2) is 7.67. The molecule has 0 aromatic heterocycles. The number of rotatable bonds is 5. The van der Waals surface area contributed by atoms with Gasteiger partial charge in [0.15, 0.2) is 5.11 Å². The molecular formula is C16H15ClN2OS. The first-order valence-corrected chi connectivity index (χ1v) is 7.13. The minimum atomic E-state index is 0.469. The molecule has 0 heterocycles. The molecule has 0 saturated carbocycles. The van der Waals surface area contributed by atoms with Gasteiger partial charge in [0.2, 0.25) is 0 Å². The molecule has 0 aliphatic heterocycles. The van der Waals surface area contributed by atoms with Gasteiger partial charge in [-0.15, -0.1) is 0 Å². The van der Waals surface area contributed by atoms with E-state index in [1.807, 2.05) is 36.4 Å². The van der Waals surface area contributed by atoms with Gasteiger partial charge in [-0.25, -0.2) is 0 Å². The number of hydrogen-bond donors (Lipinski definition) is 2. The fourth-order valence-electron chi connectivity index (χ4n) is 1.65. The van der Waals surface area contributed by atoms with Gasteiger partial charge in [-0.2, -0.15) is 0 Å². The highest BCUT2D eigenvalue weighted by Crippen LogP contribution is 2.18. The van der Waals surface area contributed by atoms with Crippen molar-refractivity contribution in [1.29, 1.82) is 0 Å². The summed E-state index contributed by atoms with van der Waals surface area (Å²) >= 11 is 11.1. The molecule has 2 aromatic rings. The summed E-state index contributed by atoms with van der Waals surface area (Å²) in [6.07, 6.45) is 1.70. The van der Waals surface area contributed by atoms with Crippen molar-refractivity contribution in [1.82, 2.24) is 0 Å². The van der Waals surface area contributed by atoms with Crippen LogP contribution in [0.15, 0.2) is 61.2 Å². The Kier molecular flexibility index (Phi) is 5.60. The van der Waals surface area contributed by atoms with Crippen molar-refractivity contribution in [2.75, 3.05) is 17.2 Å². The molecule has 0 fully saturated rings. The number of ether oxygens (including phenoxy) is 1. The first-order chi connectivity index (χ1) is 10.2. The summed E-state index contributed by atoms with van der Waals surface area (Å²) in [5.41, 5.74) is 1.72. The largest absolute Gasteiger partial charge is 0.489 e. The van der Waals surface area contributed by atoms with E-state index in [9.17, 15) is 0 Å². The number of nitrogens with one attached hydrogen (secondary N) is 2. The predicted molar refractivity (Wildman–Crippen MR) is 93.4 cm³/mol.